The van der Waals surface area contributed by atoms with Crippen LogP contribution in [0.5, 0.6) is 5.75 Å². The standard InChI is InChI=1S/C23H34N4O4/c1-6-7-12-27-20(24)19(21(28)25-23(27)30)26(13-11-15(2)3)22(29)17(5)31-18-10-8-9-16(4)14-18/h8-10,14-15,17H,6-7,11-13,24H2,1-5H3,(H,25,28,30). The lowest BCUT2D eigenvalue weighted by Crippen LogP contribution is -2.46. The number of aromatic amines is 1. The van der Waals surface area contributed by atoms with Crippen LogP contribution < -0.4 is 26.6 Å². The third kappa shape index (κ3) is 6.23. The van der Waals surface area contributed by atoms with Gasteiger partial charge >= 0.3 is 5.69 Å². The third-order valence-corrected chi connectivity index (χ3v) is 5.07. The van der Waals surface area contributed by atoms with E-state index < -0.39 is 17.4 Å². The number of nitrogens with zero attached hydrogens (tertiary/aromatic N) is 2. The quantitative estimate of drug-likeness (QED) is 0.602. The van der Waals surface area contributed by atoms with Gasteiger partial charge in [-0.1, -0.05) is 39.3 Å². The molecule has 0 bridgehead atoms. The second-order valence-corrected chi connectivity index (χ2v) is 8.25. The molecule has 0 radical (unpaired) electrons. The highest BCUT2D eigenvalue weighted by atomic mass is 16.5. The summed E-state index contributed by atoms with van der Waals surface area (Å²) < 4.78 is 7.17. The number of ether oxygens (including phenoxy) is 1. The van der Waals surface area contributed by atoms with E-state index in [2.05, 4.69) is 4.98 Å². The highest BCUT2D eigenvalue weighted by molar-refractivity contribution is 5.98. The van der Waals surface area contributed by atoms with E-state index >= 15 is 0 Å². The average Bonchev–Trinajstić information content (AvgIpc) is 2.69. The van der Waals surface area contributed by atoms with Gasteiger partial charge in [-0.05, 0) is 50.3 Å². The Morgan fingerprint density at radius 1 is 1.26 bits per heavy atom. The molecule has 31 heavy (non-hydrogen) atoms. The molecule has 1 heterocycles. The van der Waals surface area contributed by atoms with Gasteiger partial charge in [0.15, 0.2) is 11.8 Å². The summed E-state index contributed by atoms with van der Waals surface area (Å²) in [6.45, 7) is 10.3. The number of anilines is 2. The molecule has 1 aromatic heterocycles. The van der Waals surface area contributed by atoms with Gasteiger partial charge in [0, 0.05) is 13.1 Å². The summed E-state index contributed by atoms with van der Waals surface area (Å²) in [4.78, 5) is 42.0. The van der Waals surface area contributed by atoms with E-state index in [0.29, 0.717) is 24.6 Å². The van der Waals surface area contributed by atoms with Crippen LogP contribution in [0.3, 0.4) is 0 Å². The maximum atomic E-state index is 13.4. The summed E-state index contributed by atoms with van der Waals surface area (Å²) in [6.07, 6.45) is 1.40. The minimum absolute atomic E-state index is 0.000968. The Balaban J connectivity index is 2.44. The average molecular weight is 431 g/mol. The normalized spacial score (nSPS) is 12.1. The van der Waals surface area contributed by atoms with Crippen molar-refractivity contribution in [1.82, 2.24) is 9.55 Å². The molecule has 0 saturated heterocycles. The summed E-state index contributed by atoms with van der Waals surface area (Å²) in [7, 11) is 0. The Morgan fingerprint density at radius 3 is 2.58 bits per heavy atom. The predicted octanol–water partition coefficient (Wildman–Crippen LogP) is 3.07. The smallest absolute Gasteiger partial charge is 0.330 e. The van der Waals surface area contributed by atoms with Gasteiger partial charge < -0.3 is 15.4 Å². The molecule has 0 spiro atoms. The number of unbranched alkanes of at least 4 members (excludes halogenated alkanes) is 1. The van der Waals surface area contributed by atoms with Crippen LogP contribution in [0.2, 0.25) is 0 Å². The van der Waals surface area contributed by atoms with E-state index in [4.69, 9.17) is 10.5 Å². The molecule has 0 aliphatic heterocycles. The van der Waals surface area contributed by atoms with Gasteiger partial charge in [0.2, 0.25) is 0 Å². The first kappa shape index (κ1) is 24.2. The molecule has 1 unspecified atom stereocenters. The highest BCUT2D eigenvalue weighted by Crippen LogP contribution is 2.22. The molecule has 8 nitrogen and oxygen atoms in total. The maximum Gasteiger partial charge on any atom is 0.330 e. The summed E-state index contributed by atoms with van der Waals surface area (Å²) in [5, 5.41) is 0. The fourth-order valence-corrected chi connectivity index (χ4v) is 3.26. The van der Waals surface area contributed by atoms with E-state index in [1.165, 1.54) is 9.47 Å². The Labute approximate surface area is 183 Å². The SMILES string of the molecule is CCCCn1c(N)c(N(CCC(C)C)C(=O)C(C)Oc2cccc(C)c2)c(=O)[nH]c1=O. The molecule has 0 saturated carbocycles. The zero-order chi connectivity index (χ0) is 23.1. The number of hydrogen-bond donors (Lipinski definition) is 2. The van der Waals surface area contributed by atoms with E-state index in [0.717, 1.165) is 18.4 Å². The lowest BCUT2D eigenvalue weighted by molar-refractivity contribution is -0.124. The van der Waals surface area contributed by atoms with Crippen molar-refractivity contribution in [2.24, 2.45) is 5.92 Å². The van der Waals surface area contributed by atoms with Gasteiger partial charge in [0.05, 0.1) is 0 Å². The molecule has 0 aliphatic carbocycles. The summed E-state index contributed by atoms with van der Waals surface area (Å²) in [6, 6.07) is 7.41. The molecular weight excluding hydrogens is 396 g/mol. The van der Waals surface area contributed by atoms with Crippen LogP contribution in [0, 0.1) is 12.8 Å². The van der Waals surface area contributed by atoms with Crippen molar-refractivity contribution < 1.29 is 9.53 Å². The summed E-state index contributed by atoms with van der Waals surface area (Å²) in [5.74, 6) is 0.483. The summed E-state index contributed by atoms with van der Waals surface area (Å²) in [5.41, 5.74) is 6.02. The van der Waals surface area contributed by atoms with E-state index in [1.54, 1.807) is 13.0 Å². The van der Waals surface area contributed by atoms with Crippen LogP contribution in [0.4, 0.5) is 11.5 Å². The predicted molar refractivity (Wildman–Crippen MR) is 124 cm³/mol. The van der Waals surface area contributed by atoms with E-state index in [-0.39, 0.29) is 24.0 Å². The fourth-order valence-electron chi connectivity index (χ4n) is 3.26. The van der Waals surface area contributed by atoms with Crippen LogP contribution >= 0.6 is 0 Å². The number of H-pyrrole nitrogens is 1. The van der Waals surface area contributed by atoms with Gasteiger partial charge in [-0.2, -0.15) is 0 Å². The van der Waals surface area contributed by atoms with Crippen molar-refractivity contribution in [3.8, 4) is 5.75 Å². The first-order chi connectivity index (χ1) is 14.6. The number of aromatic nitrogens is 2. The van der Waals surface area contributed by atoms with Gasteiger partial charge in [0.25, 0.3) is 11.5 Å². The molecule has 0 aliphatic rings. The van der Waals surface area contributed by atoms with Crippen molar-refractivity contribution in [2.45, 2.75) is 66.5 Å². The Morgan fingerprint density at radius 2 is 1.97 bits per heavy atom. The fraction of sp³-hybridized carbons (Fsp3) is 0.522. The van der Waals surface area contributed by atoms with Crippen molar-refractivity contribution in [3.05, 3.63) is 50.7 Å². The molecule has 1 aromatic carbocycles. The monoisotopic (exact) mass is 430 g/mol. The van der Waals surface area contributed by atoms with Gasteiger partial charge in [0.1, 0.15) is 11.6 Å². The molecule has 2 rings (SSSR count). The van der Waals surface area contributed by atoms with Crippen LogP contribution in [0.25, 0.3) is 0 Å². The van der Waals surface area contributed by atoms with Crippen LogP contribution in [0.1, 0.15) is 52.5 Å². The Hall–Kier alpha value is -3.03. The Kier molecular flexibility index (Phi) is 8.47. The first-order valence-corrected chi connectivity index (χ1v) is 10.8. The van der Waals surface area contributed by atoms with Gasteiger partial charge in [-0.15, -0.1) is 0 Å². The van der Waals surface area contributed by atoms with Gasteiger partial charge in [-0.25, -0.2) is 4.79 Å². The number of rotatable bonds is 10. The van der Waals surface area contributed by atoms with Crippen molar-refractivity contribution in [2.75, 3.05) is 17.2 Å². The van der Waals surface area contributed by atoms with Gasteiger partial charge in [-0.3, -0.25) is 19.1 Å². The summed E-state index contributed by atoms with van der Waals surface area (Å²) >= 11 is 0. The number of nitrogens with one attached hydrogen (secondary N) is 1. The number of aryl methyl sites for hydroxylation is 1. The third-order valence-electron chi connectivity index (χ3n) is 5.07. The molecule has 2 aromatic rings. The molecule has 3 N–H and O–H groups in total. The second kappa shape index (κ2) is 10.8. The van der Waals surface area contributed by atoms with Crippen LogP contribution in [-0.2, 0) is 11.3 Å². The van der Waals surface area contributed by atoms with Crippen LogP contribution in [0.15, 0.2) is 33.9 Å². The Bertz CT molecular complexity index is 1010. The number of carbonyl (C=O) groups is 1. The number of carbonyl (C=O) groups excluding carboxylic acids is 1. The zero-order valence-corrected chi connectivity index (χ0v) is 19.1. The minimum atomic E-state index is -0.844. The number of nitrogen functional groups attached to an aromatic ring is 1. The molecule has 1 atom stereocenters. The molecule has 8 heteroatoms. The van der Waals surface area contributed by atoms with Crippen molar-refractivity contribution >= 4 is 17.4 Å². The lowest BCUT2D eigenvalue weighted by atomic mass is 10.1. The van der Waals surface area contributed by atoms with E-state index in [9.17, 15) is 14.4 Å². The molecule has 170 valence electrons. The number of hydrogen-bond acceptors (Lipinski definition) is 5. The largest absolute Gasteiger partial charge is 0.481 e. The lowest BCUT2D eigenvalue weighted by Gasteiger charge is -2.28. The first-order valence-electron chi connectivity index (χ1n) is 10.8. The molecular formula is C23H34N4O4. The highest BCUT2D eigenvalue weighted by Gasteiger charge is 2.29. The topological polar surface area (TPSA) is 110 Å². The molecule has 0 fully saturated rings. The number of amides is 1. The van der Waals surface area contributed by atoms with E-state index in [1.807, 2.05) is 45.9 Å². The maximum absolute atomic E-state index is 13.4. The second-order valence-electron chi connectivity index (χ2n) is 8.25. The number of nitrogens with two attached hydrogens (primary N) is 1. The van der Waals surface area contributed by atoms with Crippen LogP contribution in [-0.4, -0.2) is 28.1 Å². The zero-order valence-electron chi connectivity index (χ0n) is 19.1. The molecule has 1 amide bonds. The van der Waals surface area contributed by atoms with Crippen molar-refractivity contribution in [3.63, 3.8) is 0 Å². The minimum Gasteiger partial charge on any atom is -0.481 e. The number of benzene rings is 1. The van der Waals surface area contributed by atoms with Crippen molar-refractivity contribution in [1.29, 1.82) is 0 Å².